The first kappa shape index (κ1) is 15.0. The first-order valence-electron chi connectivity index (χ1n) is 8.70. The van der Waals surface area contributed by atoms with Gasteiger partial charge in [-0.05, 0) is 44.6 Å². The molecule has 3 fully saturated rings. The molecule has 1 saturated carbocycles. The maximum Gasteiger partial charge on any atom is 0.230 e. The van der Waals surface area contributed by atoms with Crippen molar-refractivity contribution in [2.75, 3.05) is 6.54 Å². The zero-order valence-corrected chi connectivity index (χ0v) is 13.2. The maximum absolute atomic E-state index is 12.6. The number of likely N-dealkylation sites (tertiary alicyclic amines) is 1. The van der Waals surface area contributed by atoms with E-state index < -0.39 is 0 Å². The molecule has 4 nitrogen and oxygen atoms in total. The zero-order chi connectivity index (χ0) is 14.9. The SMILES string of the molecule is CC(C1CCCCN1)N1C(=O)CC2(CCCCC2)CC1=O. The van der Waals surface area contributed by atoms with Crippen LogP contribution in [0.3, 0.4) is 0 Å². The summed E-state index contributed by atoms with van der Waals surface area (Å²) in [6.07, 6.45) is 10.4. The third-order valence-electron chi connectivity index (χ3n) is 5.84. The van der Waals surface area contributed by atoms with Crippen molar-refractivity contribution in [3.05, 3.63) is 0 Å². The van der Waals surface area contributed by atoms with Crippen LogP contribution in [-0.4, -0.2) is 35.3 Å². The van der Waals surface area contributed by atoms with Gasteiger partial charge in [-0.25, -0.2) is 0 Å². The molecule has 1 aliphatic carbocycles. The number of nitrogens with zero attached hydrogens (tertiary/aromatic N) is 1. The van der Waals surface area contributed by atoms with Gasteiger partial charge in [-0.3, -0.25) is 14.5 Å². The van der Waals surface area contributed by atoms with Crippen LogP contribution in [0.1, 0.15) is 71.1 Å². The topological polar surface area (TPSA) is 49.4 Å². The number of piperidine rings is 2. The van der Waals surface area contributed by atoms with Gasteiger partial charge in [0.25, 0.3) is 0 Å². The summed E-state index contributed by atoms with van der Waals surface area (Å²) in [5, 5.41) is 3.48. The van der Waals surface area contributed by atoms with Crippen molar-refractivity contribution in [3.8, 4) is 0 Å². The van der Waals surface area contributed by atoms with Crippen molar-refractivity contribution in [2.24, 2.45) is 5.41 Å². The summed E-state index contributed by atoms with van der Waals surface area (Å²) >= 11 is 0. The number of rotatable bonds is 2. The van der Waals surface area contributed by atoms with Gasteiger partial charge in [-0.2, -0.15) is 0 Å². The van der Waals surface area contributed by atoms with E-state index in [1.165, 1.54) is 32.1 Å². The van der Waals surface area contributed by atoms with Crippen molar-refractivity contribution in [2.45, 2.75) is 83.2 Å². The number of carbonyl (C=O) groups excluding carboxylic acids is 2. The number of hydrogen-bond donors (Lipinski definition) is 1. The van der Waals surface area contributed by atoms with Gasteiger partial charge < -0.3 is 5.32 Å². The number of carbonyl (C=O) groups is 2. The molecule has 0 radical (unpaired) electrons. The summed E-state index contributed by atoms with van der Waals surface area (Å²) in [5.74, 6) is 0.154. The molecule has 21 heavy (non-hydrogen) atoms. The third-order valence-corrected chi connectivity index (χ3v) is 5.84. The van der Waals surface area contributed by atoms with Gasteiger partial charge in [0.05, 0.1) is 6.04 Å². The summed E-state index contributed by atoms with van der Waals surface area (Å²) in [6.45, 7) is 3.05. The van der Waals surface area contributed by atoms with Crippen LogP contribution in [0.15, 0.2) is 0 Å². The minimum Gasteiger partial charge on any atom is -0.312 e. The smallest absolute Gasteiger partial charge is 0.230 e. The number of hydrogen-bond acceptors (Lipinski definition) is 3. The van der Waals surface area contributed by atoms with Crippen molar-refractivity contribution >= 4 is 11.8 Å². The van der Waals surface area contributed by atoms with Gasteiger partial charge in [0.15, 0.2) is 0 Å². The molecule has 0 aromatic rings. The highest BCUT2D eigenvalue weighted by molar-refractivity contribution is 5.99. The second kappa shape index (κ2) is 6.07. The Morgan fingerprint density at radius 3 is 2.29 bits per heavy atom. The molecule has 2 saturated heterocycles. The monoisotopic (exact) mass is 292 g/mol. The summed E-state index contributed by atoms with van der Waals surface area (Å²) < 4.78 is 0. The Hall–Kier alpha value is -0.900. The van der Waals surface area contributed by atoms with E-state index in [0.717, 1.165) is 25.8 Å². The van der Waals surface area contributed by atoms with Crippen LogP contribution in [0, 0.1) is 5.41 Å². The van der Waals surface area contributed by atoms with E-state index in [9.17, 15) is 9.59 Å². The lowest BCUT2D eigenvalue weighted by atomic mass is 9.67. The van der Waals surface area contributed by atoms with E-state index in [1.807, 2.05) is 6.92 Å². The molecule has 1 N–H and O–H groups in total. The van der Waals surface area contributed by atoms with Gasteiger partial charge in [-0.15, -0.1) is 0 Å². The van der Waals surface area contributed by atoms with Crippen LogP contribution in [0.5, 0.6) is 0 Å². The molecule has 0 aromatic heterocycles. The van der Waals surface area contributed by atoms with Crippen molar-refractivity contribution in [3.63, 3.8) is 0 Å². The standard InChI is InChI=1S/C17H28N2O2/c1-13(14-7-3-6-10-18-14)19-15(20)11-17(12-16(19)21)8-4-2-5-9-17/h13-14,18H,2-12H2,1H3. The summed E-state index contributed by atoms with van der Waals surface area (Å²) in [5.41, 5.74) is 0.00261. The van der Waals surface area contributed by atoms with Crippen LogP contribution < -0.4 is 5.32 Å². The van der Waals surface area contributed by atoms with E-state index in [1.54, 1.807) is 4.90 Å². The van der Waals surface area contributed by atoms with Gasteiger partial charge in [-0.1, -0.05) is 25.7 Å². The normalized spacial score (nSPS) is 31.5. The predicted octanol–water partition coefficient (Wildman–Crippen LogP) is 2.62. The lowest BCUT2D eigenvalue weighted by Crippen LogP contribution is -2.58. The van der Waals surface area contributed by atoms with E-state index in [-0.39, 0.29) is 29.3 Å². The first-order valence-corrected chi connectivity index (χ1v) is 8.70. The Balaban J connectivity index is 1.69. The molecule has 0 aromatic carbocycles. The Labute approximate surface area is 127 Å². The van der Waals surface area contributed by atoms with E-state index in [2.05, 4.69) is 5.32 Å². The Bertz CT molecular complexity index is 389. The minimum absolute atomic E-state index is 0.00261. The summed E-state index contributed by atoms with van der Waals surface area (Å²) in [4.78, 5) is 26.9. The lowest BCUT2D eigenvalue weighted by Gasteiger charge is -2.45. The summed E-state index contributed by atoms with van der Waals surface area (Å²) in [7, 11) is 0. The van der Waals surface area contributed by atoms with Gasteiger partial charge in [0.2, 0.25) is 11.8 Å². The number of nitrogens with one attached hydrogen (secondary N) is 1. The van der Waals surface area contributed by atoms with E-state index >= 15 is 0 Å². The van der Waals surface area contributed by atoms with Crippen LogP contribution >= 0.6 is 0 Å². The molecule has 3 rings (SSSR count). The highest BCUT2D eigenvalue weighted by Gasteiger charge is 2.46. The fraction of sp³-hybridized carbons (Fsp3) is 0.882. The average molecular weight is 292 g/mol. The summed E-state index contributed by atoms with van der Waals surface area (Å²) in [6, 6.07) is 0.290. The highest BCUT2D eigenvalue weighted by Crippen LogP contribution is 2.45. The van der Waals surface area contributed by atoms with Crippen molar-refractivity contribution in [1.82, 2.24) is 10.2 Å². The van der Waals surface area contributed by atoms with Crippen LogP contribution in [0.25, 0.3) is 0 Å². The average Bonchev–Trinajstić information content (AvgIpc) is 2.48. The third kappa shape index (κ3) is 3.01. The molecular formula is C17H28N2O2. The molecular weight excluding hydrogens is 264 g/mol. The molecule has 1 spiro atoms. The van der Waals surface area contributed by atoms with Gasteiger partial charge >= 0.3 is 0 Å². The fourth-order valence-electron chi connectivity index (χ4n) is 4.59. The molecule has 0 bridgehead atoms. The quantitative estimate of drug-likeness (QED) is 0.796. The predicted molar refractivity (Wildman–Crippen MR) is 81.7 cm³/mol. The highest BCUT2D eigenvalue weighted by atomic mass is 16.2. The Morgan fingerprint density at radius 2 is 1.71 bits per heavy atom. The van der Waals surface area contributed by atoms with Crippen molar-refractivity contribution < 1.29 is 9.59 Å². The second-order valence-electron chi connectivity index (χ2n) is 7.37. The van der Waals surface area contributed by atoms with E-state index in [0.29, 0.717) is 12.8 Å². The van der Waals surface area contributed by atoms with Gasteiger partial charge in [0, 0.05) is 18.9 Å². The molecule has 2 amide bonds. The second-order valence-corrected chi connectivity index (χ2v) is 7.37. The first-order chi connectivity index (χ1) is 10.1. The van der Waals surface area contributed by atoms with Crippen LogP contribution in [0.2, 0.25) is 0 Å². The molecule has 2 aliphatic heterocycles. The Kier molecular flexibility index (Phi) is 4.34. The maximum atomic E-state index is 12.6. The van der Waals surface area contributed by atoms with Crippen LogP contribution in [0.4, 0.5) is 0 Å². The number of amides is 2. The molecule has 118 valence electrons. The van der Waals surface area contributed by atoms with Gasteiger partial charge in [0.1, 0.15) is 0 Å². The fourth-order valence-corrected chi connectivity index (χ4v) is 4.59. The molecule has 2 unspecified atom stereocenters. The Morgan fingerprint density at radius 1 is 1.05 bits per heavy atom. The zero-order valence-electron chi connectivity index (χ0n) is 13.2. The largest absolute Gasteiger partial charge is 0.312 e. The number of imide groups is 1. The minimum atomic E-state index is 0.00261. The van der Waals surface area contributed by atoms with Crippen molar-refractivity contribution in [1.29, 1.82) is 0 Å². The lowest BCUT2D eigenvalue weighted by molar-refractivity contribution is -0.158. The molecule has 2 heterocycles. The molecule has 4 heteroatoms. The van der Waals surface area contributed by atoms with E-state index in [4.69, 9.17) is 0 Å². The molecule has 3 aliphatic rings. The van der Waals surface area contributed by atoms with Crippen LogP contribution in [-0.2, 0) is 9.59 Å². The molecule has 2 atom stereocenters.